The highest BCUT2D eigenvalue weighted by Crippen LogP contribution is 2.43. The van der Waals surface area contributed by atoms with Crippen LogP contribution in [0, 0.1) is 32.0 Å². The summed E-state index contributed by atoms with van der Waals surface area (Å²) in [5.74, 6) is -0.0921. The van der Waals surface area contributed by atoms with Gasteiger partial charge in [-0.15, -0.1) is 11.3 Å². The van der Waals surface area contributed by atoms with E-state index < -0.39 is 5.82 Å². The first-order chi connectivity index (χ1) is 26.6. The summed E-state index contributed by atoms with van der Waals surface area (Å²) >= 11 is 1.30. The minimum atomic E-state index is -0.484. The molecule has 55 heavy (non-hydrogen) atoms. The number of nitrogens with one attached hydrogen (secondary N) is 1. The number of Topliss-reactive ketones (excluding diaryl/α,β-unsaturated/α-hetero) is 1. The molecule has 0 unspecified atom stereocenters. The van der Waals surface area contributed by atoms with Gasteiger partial charge in [-0.3, -0.25) is 19.4 Å². The maximum absolute atomic E-state index is 14.5. The van der Waals surface area contributed by atoms with Crippen LogP contribution in [-0.2, 0) is 17.6 Å². The Balaban J connectivity index is 0.922. The Hall–Kier alpha value is -5.26. The van der Waals surface area contributed by atoms with Gasteiger partial charge in [0.15, 0.2) is 5.78 Å². The molecule has 6 heterocycles. The summed E-state index contributed by atoms with van der Waals surface area (Å²) in [4.78, 5) is 55.8. The summed E-state index contributed by atoms with van der Waals surface area (Å²) in [6.07, 6.45) is 4.46. The Morgan fingerprint density at radius 1 is 0.927 bits per heavy atom. The highest BCUT2D eigenvalue weighted by Gasteiger charge is 2.45. The van der Waals surface area contributed by atoms with E-state index in [1.54, 1.807) is 24.0 Å². The first-order valence-electron chi connectivity index (χ1n) is 19.0. The van der Waals surface area contributed by atoms with Crippen LogP contribution < -0.4 is 15.1 Å². The number of thiophene rings is 1. The number of para-hydroxylation sites is 1. The molecule has 0 aliphatic carbocycles. The van der Waals surface area contributed by atoms with Crippen LogP contribution in [-0.4, -0.2) is 60.4 Å². The second kappa shape index (κ2) is 15.1. The maximum Gasteiger partial charge on any atom is 0.265 e. The van der Waals surface area contributed by atoms with Gasteiger partial charge in [0.1, 0.15) is 17.3 Å². The van der Waals surface area contributed by atoms with Crippen LogP contribution in [0.1, 0.15) is 84.1 Å². The smallest absolute Gasteiger partial charge is 0.265 e. The van der Waals surface area contributed by atoms with E-state index in [0.717, 1.165) is 72.4 Å². The van der Waals surface area contributed by atoms with Crippen LogP contribution in [0.4, 0.5) is 21.6 Å². The standard InChI is InChI=1S/C44H44FN5O4S/c1-27-6-4-8-34(45)38(27)48-42(52)37-24-32-18-21-50(35-17-11-28(2)46-39(35)40(32)55-37)43(53)31-14-12-30(13-15-31)7-5-9-36(51)33-16-10-29(3)47-41(33)49-25-44(26-49)19-22-54-23-20-44/h4,6,8,10-17,24H,5,7,9,18-23,25-26H2,1-3H3,(H,48,52). The number of aromatic nitrogens is 2. The van der Waals surface area contributed by atoms with Crippen molar-refractivity contribution in [3.8, 4) is 10.6 Å². The lowest BCUT2D eigenvalue weighted by molar-refractivity contribution is -0.000524. The fourth-order valence-corrected chi connectivity index (χ4v) is 9.09. The van der Waals surface area contributed by atoms with Gasteiger partial charge in [0.2, 0.25) is 0 Å². The van der Waals surface area contributed by atoms with E-state index in [1.807, 2.05) is 68.4 Å². The number of carbonyl (C=O) groups is 3. The Labute approximate surface area is 324 Å². The number of nitrogens with zero attached hydrogens (tertiary/aromatic N) is 4. The van der Waals surface area contributed by atoms with Crippen molar-refractivity contribution in [2.45, 2.75) is 59.3 Å². The van der Waals surface area contributed by atoms with Gasteiger partial charge >= 0.3 is 0 Å². The Morgan fingerprint density at radius 2 is 1.67 bits per heavy atom. The van der Waals surface area contributed by atoms with E-state index in [9.17, 15) is 18.8 Å². The first-order valence-corrected chi connectivity index (χ1v) is 19.8. The number of fused-ring (bicyclic) bond motifs is 3. The highest BCUT2D eigenvalue weighted by atomic mass is 32.1. The van der Waals surface area contributed by atoms with Crippen LogP contribution in [0.2, 0.25) is 0 Å². The third kappa shape index (κ3) is 7.43. The SMILES string of the molecule is Cc1ccc2c(n1)-c1sc(C(=O)Nc3c(C)cccc3F)cc1CCN2C(=O)c1ccc(CCCC(=O)c2ccc(C)nc2N2CC3(CCOCC3)C2)cc1. The van der Waals surface area contributed by atoms with E-state index >= 15 is 0 Å². The number of pyridine rings is 2. The van der Waals surface area contributed by atoms with Crippen molar-refractivity contribution in [3.63, 3.8) is 0 Å². The number of halogens is 1. The molecule has 2 fully saturated rings. The average molecular weight is 758 g/mol. The molecule has 3 aliphatic rings. The lowest BCUT2D eigenvalue weighted by atomic mass is 9.73. The van der Waals surface area contributed by atoms with Gasteiger partial charge in [0.25, 0.3) is 11.8 Å². The summed E-state index contributed by atoms with van der Waals surface area (Å²) in [6, 6.07) is 21.8. The molecular weight excluding hydrogens is 714 g/mol. The van der Waals surface area contributed by atoms with Crippen molar-refractivity contribution in [1.29, 1.82) is 0 Å². The molecule has 2 amide bonds. The van der Waals surface area contributed by atoms with E-state index in [-0.39, 0.29) is 28.7 Å². The van der Waals surface area contributed by atoms with Crippen molar-refractivity contribution in [3.05, 3.63) is 123 Å². The summed E-state index contributed by atoms with van der Waals surface area (Å²) in [7, 11) is 0. The molecule has 8 rings (SSSR count). The number of rotatable bonds is 9. The van der Waals surface area contributed by atoms with Crippen molar-refractivity contribution < 1.29 is 23.5 Å². The molecule has 0 radical (unpaired) electrons. The maximum atomic E-state index is 14.5. The Kier molecular flexibility index (Phi) is 10.1. The first kappa shape index (κ1) is 36.7. The van der Waals surface area contributed by atoms with Crippen LogP contribution >= 0.6 is 11.3 Å². The number of ether oxygens (including phenoxy) is 1. The second-order valence-corrected chi connectivity index (χ2v) is 16.2. The van der Waals surface area contributed by atoms with E-state index in [1.165, 1.54) is 17.4 Å². The van der Waals surface area contributed by atoms with Crippen molar-refractivity contribution in [2.75, 3.05) is 48.0 Å². The zero-order valence-electron chi connectivity index (χ0n) is 31.4. The average Bonchev–Trinajstić information content (AvgIpc) is 3.54. The zero-order valence-corrected chi connectivity index (χ0v) is 32.2. The number of carbonyl (C=O) groups excluding carboxylic acids is 3. The third-order valence-corrected chi connectivity index (χ3v) is 12.3. The van der Waals surface area contributed by atoms with Crippen molar-refractivity contribution in [2.24, 2.45) is 5.41 Å². The molecule has 0 bridgehead atoms. The molecule has 3 aromatic heterocycles. The number of anilines is 3. The molecule has 1 N–H and O–H groups in total. The molecule has 0 saturated carbocycles. The molecule has 2 saturated heterocycles. The largest absolute Gasteiger partial charge is 0.381 e. The predicted octanol–water partition coefficient (Wildman–Crippen LogP) is 8.55. The summed E-state index contributed by atoms with van der Waals surface area (Å²) in [6.45, 7) is 9.48. The minimum Gasteiger partial charge on any atom is -0.381 e. The van der Waals surface area contributed by atoms with E-state index in [4.69, 9.17) is 14.7 Å². The quantitative estimate of drug-likeness (QED) is 0.150. The monoisotopic (exact) mass is 757 g/mol. The lowest BCUT2D eigenvalue weighted by Crippen LogP contribution is -2.59. The summed E-state index contributed by atoms with van der Waals surface area (Å²) < 4.78 is 20.1. The van der Waals surface area contributed by atoms with E-state index in [0.29, 0.717) is 65.2 Å². The molecule has 282 valence electrons. The van der Waals surface area contributed by atoms with Gasteiger partial charge in [-0.25, -0.2) is 9.37 Å². The Morgan fingerprint density at radius 3 is 2.44 bits per heavy atom. The van der Waals surface area contributed by atoms with Gasteiger partial charge in [0, 0.05) is 61.6 Å². The second-order valence-electron chi connectivity index (χ2n) is 15.1. The normalized spacial score (nSPS) is 15.9. The van der Waals surface area contributed by atoms with Gasteiger partial charge < -0.3 is 19.9 Å². The summed E-state index contributed by atoms with van der Waals surface area (Å²) in [5.41, 5.74) is 7.36. The Bertz CT molecular complexity index is 2270. The van der Waals surface area contributed by atoms with Gasteiger partial charge in [0.05, 0.1) is 26.7 Å². The zero-order chi connectivity index (χ0) is 38.3. The van der Waals surface area contributed by atoms with E-state index in [2.05, 4.69) is 10.2 Å². The van der Waals surface area contributed by atoms with Gasteiger partial charge in [-0.05, 0) is 118 Å². The topological polar surface area (TPSA) is 105 Å². The number of amides is 2. The van der Waals surface area contributed by atoms with Crippen LogP contribution in [0.5, 0.6) is 0 Å². The highest BCUT2D eigenvalue weighted by molar-refractivity contribution is 7.17. The molecule has 1 spiro atoms. The molecule has 11 heteroatoms. The van der Waals surface area contributed by atoms with Crippen LogP contribution in [0.3, 0.4) is 0 Å². The molecular formula is C44H44FN5O4S. The van der Waals surface area contributed by atoms with Crippen LogP contribution in [0.15, 0.2) is 72.8 Å². The lowest BCUT2D eigenvalue weighted by Gasteiger charge is -2.53. The number of benzene rings is 2. The number of aryl methyl sites for hydroxylation is 4. The van der Waals surface area contributed by atoms with Gasteiger partial charge in [-0.1, -0.05) is 24.3 Å². The molecule has 2 aromatic carbocycles. The predicted molar refractivity (Wildman–Crippen MR) is 214 cm³/mol. The third-order valence-electron chi connectivity index (χ3n) is 11.2. The van der Waals surface area contributed by atoms with Crippen LogP contribution in [0.25, 0.3) is 10.6 Å². The van der Waals surface area contributed by atoms with Crippen molar-refractivity contribution >= 4 is 46.1 Å². The molecule has 0 atom stereocenters. The molecule has 5 aromatic rings. The number of hydrogen-bond acceptors (Lipinski definition) is 8. The molecule has 3 aliphatic heterocycles. The minimum absolute atomic E-state index is 0.104. The number of ketones is 1. The fourth-order valence-electron chi connectivity index (χ4n) is 7.98. The summed E-state index contributed by atoms with van der Waals surface area (Å²) in [5, 5.41) is 2.74. The van der Waals surface area contributed by atoms with Crippen molar-refractivity contribution in [1.82, 2.24) is 9.97 Å². The molecule has 9 nitrogen and oxygen atoms in total. The number of hydrogen-bond donors (Lipinski definition) is 1. The fraction of sp³-hybridized carbons (Fsp3) is 0.341. The van der Waals surface area contributed by atoms with Gasteiger partial charge in [-0.2, -0.15) is 0 Å².